The molecule has 0 aliphatic heterocycles. The van der Waals surface area contributed by atoms with E-state index in [0.717, 1.165) is 10.8 Å². The van der Waals surface area contributed by atoms with Crippen molar-refractivity contribution in [3.8, 4) is 11.5 Å². The number of rotatable bonds is 1. The van der Waals surface area contributed by atoms with Gasteiger partial charge in [-0.3, -0.25) is 4.55 Å². The molecule has 0 saturated heterocycles. The Morgan fingerprint density at radius 2 is 1.45 bits per heavy atom. The van der Waals surface area contributed by atoms with Crippen molar-refractivity contribution in [2.75, 3.05) is 0 Å². The van der Waals surface area contributed by atoms with E-state index in [9.17, 15) is 18.6 Å². The molecule has 0 amide bonds. The van der Waals surface area contributed by atoms with E-state index in [-0.39, 0.29) is 5.39 Å². The highest BCUT2D eigenvalue weighted by Crippen LogP contribution is 2.40. The second-order valence-corrected chi connectivity index (χ2v) is 5.83. The molecule has 0 unspecified atom stereocenters. The number of phenolic OH excluding ortho intramolecular Hbond substituents is 2. The zero-order chi connectivity index (χ0) is 14.5. The molecule has 3 aromatic carbocycles. The van der Waals surface area contributed by atoms with Crippen LogP contribution in [0.5, 0.6) is 11.5 Å². The van der Waals surface area contributed by atoms with Gasteiger partial charge in [0, 0.05) is 5.39 Å². The predicted molar refractivity (Wildman–Crippen MR) is 74.6 cm³/mol. The number of hydrogen-bond acceptors (Lipinski definition) is 4. The van der Waals surface area contributed by atoms with E-state index in [4.69, 9.17) is 4.55 Å². The first-order chi connectivity index (χ1) is 9.38. The van der Waals surface area contributed by atoms with Crippen LogP contribution in [0.1, 0.15) is 0 Å². The fourth-order valence-electron chi connectivity index (χ4n) is 2.29. The van der Waals surface area contributed by atoms with Crippen molar-refractivity contribution < 1.29 is 23.2 Å². The van der Waals surface area contributed by atoms with E-state index in [1.54, 1.807) is 12.1 Å². The maximum atomic E-state index is 11.2. The molecule has 20 heavy (non-hydrogen) atoms. The van der Waals surface area contributed by atoms with Gasteiger partial charge in [0.2, 0.25) is 0 Å². The number of hydrogen-bond donors (Lipinski definition) is 3. The maximum Gasteiger partial charge on any atom is 0.301 e. The molecule has 3 aromatic rings. The van der Waals surface area contributed by atoms with Gasteiger partial charge in [0.1, 0.15) is 11.5 Å². The number of fused-ring (bicyclic) bond motifs is 2. The van der Waals surface area contributed by atoms with Gasteiger partial charge in [0.05, 0.1) is 0 Å². The second-order valence-electron chi connectivity index (χ2n) is 4.47. The van der Waals surface area contributed by atoms with E-state index in [0.29, 0.717) is 5.39 Å². The van der Waals surface area contributed by atoms with Gasteiger partial charge in [-0.2, -0.15) is 8.42 Å². The van der Waals surface area contributed by atoms with Crippen molar-refractivity contribution in [3.05, 3.63) is 42.5 Å². The predicted octanol–water partition coefficient (Wildman–Crippen LogP) is 2.65. The molecule has 5 nitrogen and oxygen atoms in total. The maximum absolute atomic E-state index is 11.2. The molecule has 0 aliphatic rings. The Kier molecular flexibility index (Phi) is 2.60. The van der Waals surface area contributed by atoms with Gasteiger partial charge in [0.25, 0.3) is 0 Å². The Morgan fingerprint density at radius 1 is 0.850 bits per heavy atom. The average molecular weight is 290 g/mol. The van der Waals surface area contributed by atoms with Crippen LogP contribution in [-0.4, -0.2) is 23.2 Å². The van der Waals surface area contributed by atoms with Crippen LogP contribution in [0.15, 0.2) is 47.4 Å². The van der Waals surface area contributed by atoms with Crippen LogP contribution in [-0.2, 0) is 10.1 Å². The third-order valence-electron chi connectivity index (χ3n) is 3.17. The van der Waals surface area contributed by atoms with Gasteiger partial charge >= 0.3 is 10.1 Å². The first kappa shape index (κ1) is 12.7. The van der Waals surface area contributed by atoms with Crippen molar-refractivity contribution >= 4 is 31.7 Å². The van der Waals surface area contributed by atoms with E-state index >= 15 is 0 Å². The molecule has 0 bridgehead atoms. The SMILES string of the molecule is O=S(=O)(O)c1c(O)cc2cc3ccccc3cc2c1O. The fraction of sp³-hybridized carbons (Fsp3) is 0. The van der Waals surface area contributed by atoms with Crippen LogP contribution in [0, 0.1) is 0 Å². The molecule has 0 aromatic heterocycles. The smallest absolute Gasteiger partial charge is 0.301 e. The van der Waals surface area contributed by atoms with Crippen molar-refractivity contribution in [1.29, 1.82) is 0 Å². The number of aromatic hydroxyl groups is 2. The summed E-state index contributed by atoms with van der Waals surface area (Å²) < 4.78 is 31.5. The van der Waals surface area contributed by atoms with Gasteiger partial charge < -0.3 is 10.2 Å². The summed E-state index contributed by atoms with van der Waals surface area (Å²) in [6.45, 7) is 0. The first-order valence-electron chi connectivity index (χ1n) is 5.73. The van der Waals surface area contributed by atoms with Crippen LogP contribution in [0.25, 0.3) is 21.5 Å². The highest BCUT2D eigenvalue weighted by molar-refractivity contribution is 7.86. The van der Waals surface area contributed by atoms with Crippen molar-refractivity contribution in [2.24, 2.45) is 0 Å². The van der Waals surface area contributed by atoms with Crippen LogP contribution in [0.4, 0.5) is 0 Å². The topological polar surface area (TPSA) is 94.8 Å². The molecule has 0 heterocycles. The molecule has 0 spiro atoms. The van der Waals surface area contributed by atoms with E-state index in [1.807, 2.05) is 24.3 Å². The van der Waals surface area contributed by atoms with Crippen molar-refractivity contribution in [3.63, 3.8) is 0 Å². The lowest BCUT2D eigenvalue weighted by Gasteiger charge is -2.09. The van der Waals surface area contributed by atoms with Gasteiger partial charge in [-0.05, 0) is 34.4 Å². The summed E-state index contributed by atoms with van der Waals surface area (Å²) in [6.07, 6.45) is 0. The Balaban J connectivity index is 2.51. The van der Waals surface area contributed by atoms with Gasteiger partial charge in [-0.1, -0.05) is 24.3 Å². The Labute approximate surface area is 114 Å². The van der Waals surface area contributed by atoms with Gasteiger partial charge in [-0.25, -0.2) is 0 Å². The van der Waals surface area contributed by atoms with E-state index in [2.05, 4.69) is 0 Å². The lowest BCUT2D eigenvalue weighted by molar-refractivity contribution is 0.415. The summed E-state index contributed by atoms with van der Waals surface area (Å²) in [7, 11) is -4.71. The zero-order valence-corrected chi connectivity index (χ0v) is 10.9. The van der Waals surface area contributed by atoms with Crippen LogP contribution >= 0.6 is 0 Å². The quantitative estimate of drug-likeness (QED) is 0.473. The Hall–Kier alpha value is -2.31. The lowest BCUT2D eigenvalue weighted by atomic mass is 10.0. The third kappa shape index (κ3) is 1.86. The molecule has 6 heteroatoms. The van der Waals surface area contributed by atoms with E-state index < -0.39 is 26.5 Å². The second kappa shape index (κ2) is 4.09. The highest BCUT2D eigenvalue weighted by atomic mass is 32.2. The van der Waals surface area contributed by atoms with Crippen molar-refractivity contribution in [1.82, 2.24) is 0 Å². The fourth-order valence-corrected chi connectivity index (χ4v) is 2.97. The zero-order valence-electron chi connectivity index (χ0n) is 10.1. The number of phenols is 2. The van der Waals surface area contributed by atoms with Gasteiger partial charge in [-0.15, -0.1) is 0 Å². The normalized spacial score (nSPS) is 12.1. The summed E-state index contributed by atoms with van der Waals surface area (Å²) >= 11 is 0. The molecule has 3 rings (SSSR count). The minimum atomic E-state index is -4.71. The average Bonchev–Trinajstić information content (AvgIpc) is 2.35. The summed E-state index contributed by atoms with van der Waals surface area (Å²) in [5, 5.41) is 22.1. The third-order valence-corrected chi connectivity index (χ3v) is 4.09. The minimum Gasteiger partial charge on any atom is -0.506 e. The van der Waals surface area contributed by atoms with Crippen LogP contribution in [0.2, 0.25) is 0 Å². The monoisotopic (exact) mass is 290 g/mol. The molecular formula is C14H10O5S. The van der Waals surface area contributed by atoms with Crippen LogP contribution in [0.3, 0.4) is 0 Å². The summed E-state index contributed by atoms with van der Waals surface area (Å²) in [5.74, 6) is -1.35. The minimum absolute atomic E-state index is 0.245. The first-order valence-corrected chi connectivity index (χ1v) is 7.17. The Bertz CT molecular complexity index is 945. The van der Waals surface area contributed by atoms with Crippen LogP contribution < -0.4 is 0 Å². The summed E-state index contributed by atoms with van der Waals surface area (Å²) in [5.41, 5.74) is 0. The standard InChI is InChI=1S/C14H10O5S/c15-12-7-10-5-8-3-1-2-4-9(8)6-11(10)13(16)14(12)20(17,18)19/h1-7,15-16H,(H,17,18,19). The van der Waals surface area contributed by atoms with E-state index in [1.165, 1.54) is 6.07 Å². The summed E-state index contributed by atoms with van der Waals surface area (Å²) in [4.78, 5) is -0.875. The van der Waals surface area contributed by atoms with Gasteiger partial charge in [0.15, 0.2) is 4.90 Å². The molecule has 0 atom stereocenters. The lowest BCUT2D eigenvalue weighted by Crippen LogP contribution is -1.99. The molecule has 3 N–H and O–H groups in total. The highest BCUT2D eigenvalue weighted by Gasteiger charge is 2.23. The molecule has 0 fully saturated rings. The molecule has 0 radical (unpaired) electrons. The Morgan fingerprint density at radius 3 is 2.05 bits per heavy atom. The molecular weight excluding hydrogens is 280 g/mol. The molecule has 0 aliphatic carbocycles. The molecule has 102 valence electrons. The van der Waals surface area contributed by atoms with Crippen molar-refractivity contribution in [2.45, 2.75) is 4.90 Å². The number of benzene rings is 3. The largest absolute Gasteiger partial charge is 0.506 e. The molecule has 0 saturated carbocycles. The summed E-state index contributed by atoms with van der Waals surface area (Å²) in [6, 6.07) is 11.9.